The Bertz CT molecular complexity index is 1300. The molecule has 0 spiro atoms. The molecular weight excluding hydrogens is 396 g/mol. The van der Waals surface area contributed by atoms with Crippen LogP contribution in [0, 0.1) is 12.3 Å². The summed E-state index contributed by atoms with van der Waals surface area (Å²) in [7, 11) is 0. The van der Waals surface area contributed by atoms with E-state index in [-0.39, 0.29) is 0 Å². The third-order valence-electron chi connectivity index (χ3n) is 7.96. The Morgan fingerprint density at radius 2 is 1.91 bits per heavy atom. The fourth-order valence-corrected chi connectivity index (χ4v) is 6.00. The van der Waals surface area contributed by atoms with Crippen LogP contribution in [0.2, 0.25) is 0 Å². The zero-order valence-corrected chi connectivity index (χ0v) is 20.5. The van der Waals surface area contributed by atoms with E-state index in [9.17, 15) is 0 Å². The third-order valence-corrected chi connectivity index (χ3v) is 7.96. The summed E-state index contributed by atoms with van der Waals surface area (Å²) in [6, 6.07) is 16.1. The molecule has 2 aliphatic rings. The number of hydrogen-bond acceptors (Lipinski definition) is 0. The summed E-state index contributed by atoms with van der Waals surface area (Å²) in [5, 5.41) is 2.63. The van der Waals surface area contributed by atoms with E-state index in [1.54, 1.807) is 16.7 Å². The van der Waals surface area contributed by atoms with Crippen molar-refractivity contribution in [2.45, 2.75) is 58.8 Å². The minimum Gasteiger partial charge on any atom is -0.0984 e. The Balaban J connectivity index is 1.55. The second-order valence-corrected chi connectivity index (χ2v) is 9.92. The lowest BCUT2D eigenvalue weighted by Crippen LogP contribution is -2.17. The lowest BCUT2D eigenvalue weighted by molar-refractivity contribution is 0.709. The lowest BCUT2D eigenvalue weighted by Gasteiger charge is -2.23. The van der Waals surface area contributed by atoms with Gasteiger partial charge in [0.05, 0.1) is 5.56 Å². The average molecular weight is 432 g/mol. The van der Waals surface area contributed by atoms with Gasteiger partial charge in [-0.25, -0.2) is 0 Å². The Hall–Kier alpha value is -2.99. The standard InChI is InChI=1S/C33H35/c1-6-11-27-18-28-13-10-12-25(30(28)20-23(27)8-3)15-17-26-16-14-22(7-2)32-31(26)24(9-4)19-29-21-33(29,32)5/h6,8,10-14,16-20,29H,3,7,9,15,21H2,1-2,4-5H3/q+1/b11-6-. The van der Waals surface area contributed by atoms with Gasteiger partial charge >= 0.3 is 0 Å². The van der Waals surface area contributed by atoms with Crippen molar-refractivity contribution < 1.29 is 0 Å². The van der Waals surface area contributed by atoms with E-state index in [1.807, 2.05) is 6.08 Å². The molecule has 2 unspecified atom stereocenters. The number of fused-ring (bicyclic) bond motifs is 4. The van der Waals surface area contributed by atoms with E-state index in [1.165, 1.54) is 45.0 Å². The second kappa shape index (κ2) is 8.41. The van der Waals surface area contributed by atoms with Crippen LogP contribution in [-0.2, 0) is 18.3 Å². The number of hydrogen-bond donors (Lipinski definition) is 0. The van der Waals surface area contributed by atoms with E-state index in [4.69, 9.17) is 0 Å². The smallest absolute Gasteiger partial charge is 0.0984 e. The first-order valence-corrected chi connectivity index (χ1v) is 12.5. The minimum absolute atomic E-state index is 0.352. The van der Waals surface area contributed by atoms with Crippen molar-refractivity contribution in [1.29, 1.82) is 0 Å². The van der Waals surface area contributed by atoms with Gasteiger partial charge in [0.15, 0.2) is 0 Å². The van der Waals surface area contributed by atoms with E-state index >= 15 is 0 Å². The fraction of sp³-hybridized carbons (Fsp3) is 0.303. The number of allylic oxidation sites excluding steroid dienone is 3. The van der Waals surface area contributed by atoms with Crippen molar-refractivity contribution >= 4 is 28.5 Å². The van der Waals surface area contributed by atoms with Crippen LogP contribution in [0.15, 0.2) is 61.2 Å². The molecule has 2 aliphatic carbocycles. The zero-order chi connectivity index (χ0) is 23.2. The highest BCUT2D eigenvalue weighted by molar-refractivity contribution is 5.91. The van der Waals surface area contributed by atoms with Crippen LogP contribution >= 0.6 is 0 Å². The summed E-state index contributed by atoms with van der Waals surface area (Å²) in [4.78, 5) is 0. The maximum atomic E-state index is 4.06. The van der Waals surface area contributed by atoms with Gasteiger partial charge in [0, 0.05) is 35.5 Å². The van der Waals surface area contributed by atoms with E-state index in [0.29, 0.717) is 5.41 Å². The van der Waals surface area contributed by atoms with Crippen molar-refractivity contribution in [2.75, 3.05) is 0 Å². The van der Waals surface area contributed by atoms with E-state index in [0.717, 1.165) is 25.2 Å². The molecule has 0 aromatic heterocycles. The first-order chi connectivity index (χ1) is 16.0. The van der Waals surface area contributed by atoms with Gasteiger partial charge in [0.25, 0.3) is 0 Å². The van der Waals surface area contributed by atoms with Crippen LogP contribution in [0.3, 0.4) is 0 Å². The molecule has 1 saturated carbocycles. The maximum absolute atomic E-state index is 4.06. The average Bonchev–Trinajstić information content (AvgIpc) is 3.52. The van der Waals surface area contributed by atoms with Crippen LogP contribution < -0.4 is 0 Å². The molecule has 0 amide bonds. The topological polar surface area (TPSA) is 0 Å². The van der Waals surface area contributed by atoms with Gasteiger partial charge in [-0.2, -0.15) is 0 Å². The molecule has 3 aromatic carbocycles. The van der Waals surface area contributed by atoms with Crippen LogP contribution in [0.4, 0.5) is 0 Å². The van der Waals surface area contributed by atoms with E-state index in [2.05, 4.69) is 101 Å². The van der Waals surface area contributed by atoms with Crippen molar-refractivity contribution in [1.82, 2.24) is 0 Å². The van der Waals surface area contributed by atoms with Crippen LogP contribution in [0.25, 0.3) is 28.5 Å². The van der Waals surface area contributed by atoms with Crippen LogP contribution in [0.5, 0.6) is 0 Å². The molecule has 0 saturated heterocycles. The molecule has 0 heteroatoms. The second-order valence-electron chi connectivity index (χ2n) is 9.92. The number of rotatable bonds is 7. The quantitative estimate of drug-likeness (QED) is 0.327. The summed E-state index contributed by atoms with van der Waals surface area (Å²) >= 11 is 0. The summed E-state index contributed by atoms with van der Waals surface area (Å²) < 4.78 is 0. The summed E-state index contributed by atoms with van der Waals surface area (Å²) in [6.45, 7) is 13.2. The molecule has 0 nitrogen and oxygen atoms in total. The largest absolute Gasteiger partial charge is 0.138 e. The molecule has 0 heterocycles. The van der Waals surface area contributed by atoms with Gasteiger partial charge < -0.3 is 0 Å². The van der Waals surface area contributed by atoms with Crippen molar-refractivity contribution in [2.24, 2.45) is 5.92 Å². The molecule has 1 fully saturated rings. The van der Waals surface area contributed by atoms with Crippen molar-refractivity contribution in [3.05, 3.63) is 107 Å². The zero-order valence-electron chi connectivity index (χ0n) is 20.5. The molecule has 0 N–H and O–H groups in total. The summed E-state index contributed by atoms with van der Waals surface area (Å²) in [6.07, 6.45) is 15.8. The van der Waals surface area contributed by atoms with E-state index < -0.39 is 0 Å². The monoisotopic (exact) mass is 431 g/mol. The predicted molar refractivity (Wildman–Crippen MR) is 145 cm³/mol. The molecule has 3 aromatic rings. The molecule has 166 valence electrons. The Morgan fingerprint density at radius 3 is 2.64 bits per heavy atom. The Labute approximate surface area is 199 Å². The summed E-state index contributed by atoms with van der Waals surface area (Å²) in [5.41, 5.74) is 11.8. The van der Waals surface area contributed by atoms with Gasteiger partial charge in [-0.15, -0.1) is 0 Å². The van der Waals surface area contributed by atoms with Gasteiger partial charge in [-0.1, -0.05) is 69.9 Å². The Kier molecular flexibility index (Phi) is 5.57. The maximum Gasteiger partial charge on any atom is 0.138 e. The third kappa shape index (κ3) is 3.57. The molecule has 33 heavy (non-hydrogen) atoms. The number of aryl methyl sites for hydroxylation is 1. The van der Waals surface area contributed by atoms with Gasteiger partial charge in [0.2, 0.25) is 0 Å². The van der Waals surface area contributed by atoms with Crippen molar-refractivity contribution in [3.8, 4) is 0 Å². The number of benzene rings is 3. The van der Waals surface area contributed by atoms with Crippen molar-refractivity contribution in [3.63, 3.8) is 0 Å². The predicted octanol–water partition coefficient (Wildman–Crippen LogP) is 8.96. The van der Waals surface area contributed by atoms with Gasteiger partial charge in [-0.3, -0.25) is 0 Å². The molecule has 5 rings (SSSR count). The lowest BCUT2D eigenvalue weighted by atomic mass is 9.76. The van der Waals surface area contributed by atoms with Gasteiger partial charge in [0.1, 0.15) is 5.56 Å². The highest BCUT2D eigenvalue weighted by Gasteiger charge is 2.56. The molecular formula is C33H35+. The van der Waals surface area contributed by atoms with Gasteiger partial charge in [-0.05, 0) is 83.3 Å². The van der Waals surface area contributed by atoms with Crippen LogP contribution in [0.1, 0.15) is 79.5 Å². The minimum atomic E-state index is 0.352. The SMILES string of the molecule is C=Cc1cc2c(C[CH+]c3ccc(CC)c4c3C(CC)=CC3CC43C)cccc2cc1/C=C\C. The summed E-state index contributed by atoms with van der Waals surface area (Å²) in [5.74, 6) is 0.738. The molecule has 0 bridgehead atoms. The highest BCUT2D eigenvalue weighted by Crippen LogP contribution is 2.61. The molecule has 0 radical (unpaired) electrons. The first-order valence-electron chi connectivity index (χ1n) is 12.5. The molecule has 0 aliphatic heterocycles. The normalized spacial score (nSPS) is 21.0. The Morgan fingerprint density at radius 1 is 1.06 bits per heavy atom. The first kappa shape index (κ1) is 21.8. The molecule has 2 atom stereocenters. The fourth-order valence-electron chi connectivity index (χ4n) is 6.00. The highest BCUT2D eigenvalue weighted by atomic mass is 14.6. The van der Waals surface area contributed by atoms with Crippen LogP contribution in [-0.4, -0.2) is 0 Å².